The summed E-state index contributed by atoms with van der Waals surface area (Å²) < 4.78 is 0. The molecule has 1 unspecified atom stereocenters. The van der Waals surface area contributed by atoms with Gasteiger partial charge in [-0.2, -0.15) is 0 Å². The molecule has 0 aromatic carbocycles. The van der Waals surface area contributed by atoms with E-state index in [1.165, 1.54) is 64.2 Å². The first-order valence-corrected chi connectivity index (χ1v) is 7.70. The number of hydrogen-bond donors (Lipinski definition) is 0. The van der Waals surface area contributed by atoms with Gasteiger partial charge in [-0.15, -0.1) is 0 Å². The fraction of sp³-hybridized carbons (Fsp3) is 1.00. The summed E-state index contributed by atoms with van der Waals surface area (Å²) in [4.78, 5) is 0. The van der Waals surface area contributed by atoms with Crippen LogP contribution in [0.3, 0.4) is 0 Å². The molecule has 0 aliphatic carbocycles. The van der Waals surface area contributed by atoms with Gasteiger partial charge in [-0.3, -0.25) is 0 Å². The number of rotatable bonds is 11. The Balaban J connectivity index is 3.62. The van der Waals surface area contributed by atoms with Crippen LogP contribution in [0.5, 0.6) is 0 Å². The molecule has 0 heteroatoms. The summed E-state index contributed by atoms with van der Waals surface area (Å²) in [6.07, 6.45) is 14.4. The van der Waals surface area contributed by atoms with E-state index in [4.69, 9.17) is 0 Å². The van der Waals surface area contributed by atoms with E-state index in [2.05, 4.69) is 27.7 Å². The standard InChI is InChI=1S/C16H34/c1-5-7-9-10-12-16(11-8-6-2)14-13-15(3)4/h15-16H,5-14H2,1-4H3. The van der Waals surface area contributed by atoms with E-state index in [-0.39, 0.29) is 0 Å². The van der Waals surface area contributed by atoms with Gasteiger partial charge in [0.1, 0.15) is 0 Å². The molecule has 0 N–H and O–H groups in total. The predicted octanol–water partition coefficient (Wildman–Crippen LogP) is 6.20. The average Bonchev–Trinajstić information content (AvgIpc) is 2.26. The second kappa shape index (κ2) is 11.5. The van der Waals surface area contributed by atoms with Crippen LogP contribution in [0.4, 0.5) is 0 Å². The van der Waals surface area contributed by atoms with Gasteiger partial charge in [-0.25, -0.2) is 0 Å². The van der Waals surface area contributed by atoms with Crippen LogP contribution in [0.25, 0.3) is 0 Å². The maximum atomic E-state index is 2.36. The summed E-state index contributed by atoms with van der Waals surface area (Å²) in [6.45, 7) is 9.33. The summed E-state index contributed by atoms with van der Waals surface area (Å²) in [7, 11) is 0. The summed E-state index contributed by atoms with van der Waals surface area (Å²) in [6, 6.07) is 0. The summed E-state index contributed by atoms with van der Waals surface area (Å²) in [5.41, 5.74) is 0. The molecule has 0 spiro atoms. The molecule has 0 nitrogen and oxygen atoms in total. The molecule has 16 heavy (non-hydrogen) atoms. The van der Waals surface area contributed by atoms with E-state index in [0.29, 0.717) is 0 Å². The quantitative estimate of drug-likeness (QED) is 0.368. The van der Waals surface area contributed by atoms with E-state index < -0.39 is 0 Å². The Morgan fingerprint density at radius 1 is 0.625 bits per heavy atom. The van der Waals surface area contributed by atoms with Crippen LogP contribution in [-0.2, 0) is 0 Å². The summed E-state index contributed by atoms with van der Waals surface area (Å²) in [5, 5.41) is 0. The van der Waals surface area contributed by atoms with E-state index >= 15 is 0 Å². The highest BCUT2D eigenvalue weighted by molar-refractivity contribution is 4.61. The summed E-state index contributed by atoms with van der Waals surface area (Å²) in [5.74, 6) is 1.92. The Hall–Kier alpha value is 0. The molecule has 0 heterocycles. The highest BCUT2D eigenvalue weighted by Crippen LogP contribution is 2.23. The SMILES string of the molecule is CCCCCCC(CCCC)CCC(C)C. The Morgan fingerprint density at radius 3 is 1.81 bits per heavy atom. The van der Waals surface area contributed by atoms with Crippen LogP contribution in [0.2, 0.25) is 0 Å². The number of hydrogen-bond acceptors (Lipinski definition) is 0. The van der Waals surface area contributed by atoms with Gasteiger partial charge in [0, 0.05) is 0 Å². The van der Waals surface area contributed by atoms with Crippen LogP contribution in [0.15, 0.2) is 0 Å². The molecular weight excluding hydrogens is 192 g/mol. The molecule has 0 amide bonds. The van der Waals surface area contributed by atoms with Crippen molar-refractivity contribution in [3.8, 4) is 0 Å². The first-order chi connectivity index (χ1) is 7.70. The molecule has 0 aliphatic rings. The lowest BCUT2D eigenvalue weighted by atomic mass is 9.89. The predicted molar refractivity (Wildman–Crippen MR) is 75.8 cm³/mol. The van der Waals surface area contributed by atoms with Gasteiger partial charge < -0.3 is 0 Å². The van der Waals surface area contributed by atoms with Crippen LogP contribution in [-0.4, -0.2) is 0 Å². The van der Waals surface area contributed by atoms with Crippen LogP contribution < -0.4 is 0 Å². The van der Waals surface area contributed by atoms with Crippen molar-refractivity contribution in [1.82, 2.24) is 0 Å². The van der Waals surface area contributed by atoms with Gasteiger partial charge >= 0.3 is 0 Å². The van der Waals surface area contributed by atoms with E-state index in [1.807, 2.05) is 0 Å². The van der Waals surface area contributed by atoms with E-state index in [0.717, 1.165) is 11.8 Å². The molecule has 0 saturated carbocycles. The zero-order valence-electron chi connectivity index (χ0n) is 12.2. The molecular formula is C16H34. The van der Waals surface area contributed by atoms with E-state index in [1.54, 1.807) is 0 Å². The molecule has 0 bridgehead atoms. The normalized spacial score (nSPS) is 13.3. The Morgan fingerprint density at radius 2 is 1.25 bits per heavy atom. The van der Waals surface area contributed by atoms with Crippen molar-refractivity contribution in [3.63, 3.8) is 0 Å². The van der Waals surface area contributed by atoms with Crippen LogP contribution in [0, 0.1) is 11.8 Å². The fourth-order valence-electron chi connectivity index (χ4n) is 2.35. The minimum Gasteiger partial charge on any atom is -0.0654 e. The molecule has 0 aromatic heterocycles. The zero-order chi connectivity index (χ0) is 12.2. The minimum absolute atomic E-state index is 0.889. The molecule has 0 rings (SSSR count). The Kier molecular flexibility index (Phi) is 11.5. The second-order valence-corrected chi connectivity index (χ2v) is 5.83. The topological polar surface area (TPSA) is 0 Å². The molecule has 0 saturated heterocycles. The fourth-order valence-corrected chi connectivity index (χ4v) is 2.35. The third-order valence-corrected chi connectivity index (χ3v) is 3.58. The third-order valence-electron chi connectivity index (χ3n) is 3.58. The van der Waals surface area contributed by atoms with Crippen molar-refractivity contribution in [2.45, 2.75) is 91.9 Å². The first kappa shape index (κ1) is 16.0. The highest BCUT2D eigenvalue weighted by atomic mass is 14.1. The van der Waals surface area contributed by atoms with Gasteiger partial charge in [-0.1, -0.05) is 91.9 Å². The molecule has 0 aliphatic heterocycles. The number of unbranched alkanes of at least 4 members (excludes halogenated alkanes) is 4. The molecule has 1 atom stereocenters. The summed E-state index contributed by atoms with van der Waals surface area (Å²) >= 11 is 0. The second-order valence-electron chi connectivity index (χ2n) is 5.83. The third kappa shape index (κ3) is 10.5. The largest absolute Gasteiger partial charge is 0.0654 e. The van der Waals surface area contributed by atoms with Gasteiger partial charge in [0.2, 0.25) is 0 Å². The molecule has 98 valence electrons. The first-order valence-electron chi connectivity index (χ1n) is 7.70. The minimum atomic E-state index is 0.889. The van der Waals surface area contributed by atoms with Gasteiger partial charge in [0.05, 0.1) is 0 Å². The van der Waals surface area contributed by atoms with Crippen molar-refractivity contribution >= 4 is 0 Å². The van der Waals surface area contributed by atoms with Gasteiger partial charge in [0.25, 0.3) is 0 Å². The smallest absolute Gasteiger partial charge is 0.0414 e. The zero-order valence-corrected chi connectivity index (χ0v) is 12.2. The Labute approximate surface area is 104 Å². The lowest BCUT2D eigenvalue weighted by molar-refractivity contribution is 0.357. The lowest BCUT2D eigenvalue weighted by Crippen LogP contribution is -2.03. The molecule has 0 aromatic rings. The van der Waals surface area contributed by atoms with E-state index in [9.17, 15) is 0 Å². The van der Waals surface area contributed by atoms with Crippen LogP contribution >= 0.6 is 0 Å². The molecule has 0 radical (unpaired) electrons. The van der Waals surface area contributed by atoms with Gasteiger partial charge in [-0.05, 0) is 11.8 Å². The maximum Gasteiger partial charge on any atom is -0.0414 e. The van der Waals surface area contributed by atoms with Crippen molar-refractivity contribution in [2.75, 3.05) is 0 Å². The van der Waals surface area contributed by atoms with Crippen LogP contribution in [0.1, 0.15) is 91.9 Å². The monoisotopic (exact) mass is 226 g/mol. The lowest BCUT2D eigenvalue weighted by Gasteiger charge is -2.17. The highest BCUT2D eigenvalue weighted by Gasteiger charge is 2.08. The molecule has 0 fully saturated rings. The maximum absolute atomic E-state index is 2.36. The average molecular weight is 226 g/mol. The van der Waals surface area contributed by atoms with Crippen molar-refractivity contribution in [1.29, 1.82) is 0 Å². The van der Waals surface area contributed by atoms with Crippen molar-refractivity contribution in [3.05, 3.63) is 0 Å². The Bertz CT molecular complexity index is 126. The van der Waals surface area contributed by atoms with Gasteiger partial charge in [0.15, 0.2) is 0 Å². The van der Waals surface area contributed by atoms with Crippen molar-refractivity contribution < 1.29 is 0 Å². The van der Waals surface area contributed by atoms with Crippen molar-refractivity contribution in [2.24, 2.45) is 11.8 Å².